The number of nitrogen functional groups attached to an aromatic ring is 1. The van der Waals surface area contributed by atoms with Gasteiger partial charge in [-0.2, -0.15) is 0 Å². The van der Waals surface area contributed by atoms with Crippen LogP contribution in [-0.2, 0) is 0 Å². The summed E-state index contributed by atoms with van der Waals surface area (Å²) < 4.78 is 6.18. The molecule has 0 saturated carbocycles. The number of hydrogen-bond donors (Lipinski definition) is 1. The zero-order valence-electron chi connectivity index (χ0n) is 11.2. The summed E-state index contributed by atoms with van der Waals surface area (Å²) in [6.45, 7) is 2.02. The Balaban J connectivity index is 2.24. The molecule has 0 aliphatic heterocycles. The van der Waals surface area contributed by atoms with Gasteiger partial charge >= 0.3 is 0 Å². The molecule has 0 spiro atoms. The van der Waals surface area contributed by atoms with Crippen LogP contribution in [0.1, 0.15) is 5.56 Å². The van der Waals surface area contributed by atoms with Crippen molar-refractivity contribution in [2.24, 2.45) is 0 Å². The summed E-state index contributed by atoms with van der Waals surface area (Å²) in [6.07, 6.45) is 0. The fourth-order valence-corrected chi connectivity index (χ4v) is 2.88. The van der Waals surface area contributed by atoms with Crippen molar-refractivity contribution in [1.29, 1.82) is 0 Å². The third kappa shape index (κ3) is 2.57. The molecule has 0 saturated heterocycles. The molecule has 1 heterocycles. The number of aromatic nitrogens is 1. The highest BCUT2D eigenvalue weighted by Crippen LogP contribution is 2.40. The van der Waals surface area contributed by atoms with Gasteiger partial charge < -0.3 is 10.3 Å². The van der Waals surface area contributed by atoms with E-state index < -0.39 is 0 Å². The van der Waals surface area contributed by atoms with Crippen molar-refractivity contribution < 1.29 is 4.52 Å². The molecule has 106 valence electrons. The number of halogens is 2. The van der Waals surface area contributed by atoms with Crippen molar-refractivity contribution in [1.82, 2.24) is 5.16 Å². The lowest BCUT2D eigenvalue weighted by Gasteiger charge is -2.07. The van der Waals surface area contributed by atoms with E-state index in [1.54, 1.807) is 0 Å². The van der Waals surface area contributed by atoms with Crippen LogP contribution in [-0.4, -0.2) is 5.16 Å². The predicted octanol–water partition coefficient (Wildman–Crippen LogP) is 5.32. The van der Waals surface area contributed by atoms with E-state index in [9.17, 15) is 0 Å². The molecule has 0 bridgehead atoms. The monoisotopic (exact) mass is 362 g/mol. The fourth-order valence-electron chi connectivity index (χ4n) is 2.24. The van der Waals surface area contributed by atoms with E-state index in [-0.39, 0.29) is 5.88 Å². The zero-order chi connectivity index (χ0) is 15.0. The second kappa shape index (κ2) is 5.54. The normalized spacial score (nSPS) is 10.8. The Hall–Kier alpha value is -1.78. The van der Waals surface area contributed by atoms with Gasteiger partial charge in [-0.05, 0) is 46.1 Å². The Morgan fingerprint density at radius 1 is 1.19 bits per heavy atom. The van der Waals surface area contributed by atoms with E-state index in [1.165, 1.54) is 0 Å². The Kier molecular flexibility index (Phi) is 3.74. The molecular weight excluding hydrogens is 352 g/mol. The van der Waals surface area contributed by atoms with E-state index in [2.05, 4.69) is 21.1 Å². The lowest BCUT2D eigenvalue weighted by Crippen LogP contribution is -1.89. The number of benzene rings is 2. The smallest absolute Gasteiger partial charge is 0.230 e. The predicted molar refractivity (Wildman–Crippen MR) is 89.2 cm³/mol. The molecule has 3 nitrogen and oxygen atoms in total. The van der Waals surface area contributed by atoms with Crippen molar-refractivity contribution in [3.05, 3.63) is 57.5 Å². The zero-order valence-corrected chi connectivity index (χ0v) is 13.6. The number of anilines is 1. The minimum atomic E-state index is 0.278. The van der Waals surface area contributed by atoms with E-state index in [1.807, 2.05) is 49.4 Å². The molecule has 0 atom stereocenters. The average molecular weight is 364 g/mol. The quantitative estimate of drug-likeness (QED) is 0.671. The first kappa shape index (κ1) is 14.2. The minimum absolute atomic E-state index is 0.278. The number of hydrogen-bond acceptors (Lipinski definition) is 3. The molecule has 5 heteroatoms. The van der Waals surface area contributed by atoms with Crippen LogP contribution in [0.2, 0.25) is 5.02 Å². The van der Waals surface area contributed by atoms with E-state index in [4.69, 9.17) is 21.9 Å². The molecule has 0 unspecified atom stereocenters. The molecule has 21 heavy (non-hydrogen) atoms. The molecule has 3 aromatic rings. The van der Waals surface area contributed by atoms with Gasteiger partial charge in [-0.3, -0.25) is 0 Å². The number of nitrogens with two attached hydrogens (primary N) is 1. The van der Waals surface area contributed by atoms with Crippen molar-refractivity contribution in [2.45, 2.75) is 6.92 Å². The van der Waals surface area contributed by atoms with Gasteiger partial charge in [0.2, 0.25) is 5.88 Å². The first-order valence-corrected chi connectivity index (χ1v) is 7.51. The van der Waals surface area contributed by atoms with Crippen LogP contribution < -0.4 is 5.73 Å². The molecule has 0 radical (unpaired) electrons. The second-order valence-corrected chi connectivity index (χ2v) is 5.95. The molecule has 0 aliphatic carbocycles. The van der Waals surface area contributed by atoms with Gasteiger partial charge in [0.15, 0.2) is 0 Å². The Bertz CT molecular complexity index is 814. The van der Waals surface area contributed by atoms with Gasteiger partial charge in [-0.15, -0.1) is 0 Å². The highest BCUT2D eigenvalue weighted by Gasteiger charge is 2.19. The average Bonchev–Trinajstić information content (AvgIpc) is 2.83. The number of rotatable bonds is 2. The molecule has 3 rings (SSSR count). The Morgan fingerprint density at radius 3 is 2.71 bits per heavy atom. The van der Waals surface area contributed by atoms with Crippen LogP contribution in [0.25, 0.3) is 22.4 Å². The molecule has 0 amide bonds. The van der Waals surface area contributed by atoms with Crippen LogP contribution in [0.4, 0.5) is 5.88 Å². The summed E-state index contributed by atoms with van der Waals surface area (Å²) in [4.78, 5) is 0. The lowest BCUT2D eigenvalue weighted by molar-refractivity contribution is 0.439. The summed E-state index contributed by atoms with van der Waals surface area (Å²) in [5.41, 5.74) is 10.3. The maximum atomic E-state index is 6.07. The number of nitrogens with zero attached hydrogens (tertiary/aromatic N) is 1. The summed E-state index contributed by atoms with van der Waals surface area (Å²) in [7, 11) is 0. The summed E-state index contributed by atoms with van der Waals surface area (Å²) in [5.74, 6) is 0.278. The first-order valence-electron chi connectivity index (χ1n) is 6.34. The Morgan fingerprint density at radius 2 is 1.95 bits per heavy atom. The van der Waals surface area contributed by atoms with E-state index in [0.717, 1.165) is 26.7 Å². The van der Waals surface area contributed by atoms with Crippen LogP contribution in [0, 0.1) is 6.92 Å². The van der Waals surface area contributed by atoms with Gasteiger partial charge in [-0.25, -0.2) is 0 Å². The topological polar surface area (TPSA) is 52.0 Å². The third-order valence-electron chi connectivity index (χ3n) is 3.28. The molecule has 0 fully saturated rings. The van der Waals surface area contributed by atoms with E-state index >= 15 is 0 Å². The maximum absolute atomic E-state index is 6.07. The van der Waals surface area contributed by atoms with Gasteiger partial charge in [-0.1, -0.05) is 47.1 Å². The third-order valence-corrected chi connectivity index (χ3v) is 4.57. The molecule has 2 aromatic carbocycles. The fraction of sp³-hybridized carbons (Fsp3) is 0.0625. The van der Waals surface area contributed by atoms with Gasteiger partial charge in [0, 0.05) is 15.1 Å². The van der Waals surface area contributed by atoms with Gasteiger partial charge in [0.05, 0.1) is 5.56 Å². The maximum Gasteiger partial charge on any atom is 0.230 e. The first-order chi connectivity index (χ1) is 10.1. The van der Waals surface area contributed by atoms with Crippen molar-refractivity contribution in [2.75, 3.05) is 5.73 Å². The highest BCUT2D eigenvalue weighted by molar-refractivity contribution is 9.10. The molecular formula is C16H12BrClN2O. The van der Waals surface area contributed by atoms with Crippen LogP contribution in [0.15, 0.2) is 51.5 Å². The van der Waals surface area contributed by atoms with Crippen LogP contribution >= 0.6 is 27.5 Å². The molecule has 0 aliphatic rings. The Labute approximate surface area is 135 Å². The minimum Gasteiger partial charge on any atom is -0.367 e. The van der Waals surface area contributed by atoms with Crippen LogP contribution in [0.5, 0.6) is 0 Å². The summed E-state index contributed by atoms with van der Waals surface area (Å²) >= 11 is 9.67. The molecule has 1 aromatic heterocycles. The highest BCUT2D eigenvalue weighted by atomic mass is 79.9. The van der Waals surface area contributed by atoms with Crippen molar-refractivity contribution in [3.63, 3.8) is 0 Å². The van der Waals surface area contributed by atoms with Crippen molar-refractivity contribution >= 4 is 33.4 Å². The summed E-state index contributed by atoms with van der Waals surface area (Å²) in [6, 6.07) is 13.4. The second-order valence-electron chi connectivity index (χ2n) is 4.72. The lowest BCUT2D eigenvalue weighted by atomic mass is 10.00. The van der Waals surface area contributed by atoms with Gasteiger partial charge in [0.25, 0.3) is 0 Å². The summed E-state index contributed by atoms with van der Waals surface area (Å²) in [5, 5.41) is 4.76. The largest absolute Gasteiger partial charge is 0.367 e. The van der Waals surface area contributed by atoms with E-state index in [0.29, 0.717) is 10.7 Å². The molecule has 2 N–H and O–H groups in total. The standard InChI is InChI=1S/C16H12BrClN2O/c1-9-4-2-7-12(14(9)17)15-13(16(19)21-20-15)10-5-3-6-11(18)8-10/h2-8H,19H2,1H3. The van der Waals surface area contributed by atoms with Crippen molar-refractivity contribution in [3.8, 4) is 22.4 Å². The van der Waals surface area contributed by atoms with Crippen LogP contribution in [0.3, 0.4) is 0 Å². The SMILES string of the molecule is Cc1cccc(-c2noc(N)c2-c2cccc(Cl)c2)c1Br. The van der Waals surface area contributed by atoms with Gasteiger partial charge in [0.1, 0.15) is 5.69 Å². The number of aryl methyl sites for hydroxylation is 1.